The fourth-order valence-corrected chi connectivity index (χ4v) is 4.92. The molecule has 1 amide bonds. The van der Waals surface area contributed by atoms with Gasteiger partial charge in [0, 0.05) is 58.3 Å². The summed E-state index contributed by atoms with van der Waals surface area (Å²) in [7, 11) is -1.70. The highest BCUT2D eigenvalue weighted by molar-refractivity contribution is 7.89. The lowest BCUT2D eigenvalue weighted by Gasteiger charge is -2.44. The van der Waals surface area contributed by atoms with Crippen molar-refractivity contribution in [3.05, 3.63) is 0 Å². The summed E-state index contributed by atoms with van der Waals surface area (Å²) < 4.78 is 36.5. The molecular formula is C16H31N3O5S. The highest BCUT2D eigenvalue weighted by Gasteiger charge is 2.32. The van der Waals surface area contributed by atoms with E-state index in [9.17, 15) is 13.2 Å². The first-order chi connectivity index (χ1) is 11.8. The fraction of sp³-hybridized carbons (Fsp3) is 0.938. The second-order valence-electron chi connectivity index (χ2n) is 6.80. The van der Waals surface area contributed by atoms with Gasteiger partial charge in [-0.1, -0.05) is 0 Å². The maximum Gasteiger partial charge on any atom is 0.223 e. The first-order valence-corrected chi connectivity index (χ1v) is 10.5. The minimum Gasteiger partial charge on any atom is -0.383 e. The molecule has 2 aliphatic rings. The van der Waals surface area contributed by atoms with Gasteiger partial charge in [-0.2, -0.15) is 4.31 Å². The lowest BCUT2D eigenvalue weighted by Crippen LogP contribution is -2.58. The van der Waals surface area contributed by atoms with E-state index in [4.69, 9.17) is 9.47 Å². The van der Waals surface area contributed by atoms with E-state index in [0.29, 0.717) is 46.0 Å². The number of sulfonamides is 1. The van der Waals surface area contributed by atoms with Crippen LogP contribution in [0.5, 0.6) is 0 Å². The number of carbonyl (C=O) groups is 1. The van der Waals surface area contributed by atoms with Crippen molar-refractivity contribution >= 4 is 15.9 Å². The van der Waals surface area contributed by atoms with E-state index in [2.05, 4.69) is 18.7 Å². The number of amides is 1. The monoisotopic (exact) mass is 377 g/mol. The molecule has 146 valence electrons. The van der Waals surface area contributed by atoms with Crippen molar-refractivity contribution in [2.75, 3.05) is 65.4 Å². The fourth-order valence-electron chi connectivity index (χ4n) is 3.53. The van der Waals surface area contributed by atoms with Gasteiger partial charge in [-0.15, -0.1) is 0 Å². The van der Waals surface area contributed by atoms with Gasteiger partial charge in [0.05, 0.1) is 25.6 Å². The highest BCUT2D eigenvalue weighted by atomic mass is 32.2. The maximum absolute atomic E-state index is 12.5. The van der Waals surface area contributed by atoms with Gasteiger partial charge < -0.3 is 14.4 Å². The summed E-state index contributed by atoms with van der Waals surface area (Å²) in [5, 5.41) is 0. The van der Waals surface area contributed by atoms with Crippen LogP contribution in [0.25, 0.3) is 0 Å². The molecule has 0 bridgehead atoms. The zero-order valence-electron chi connectivity index (χ0n) is 15.5. The quantitative estimate of drug-likeness (QED) is 0.601. The summed E-state index contributed by atoms with van der Waals surface area (Å²) in [6, 6.07) is 0.470. The van der Waals surface area contributed by atoms with Gasteiger partial charge in [0.25, 0.3) is 0 Å². The molecule has 2 atom stereocenters. The Bertz CT molecular complexity index is 524. The molecule has 0 N–H and O–H groups in total. The molecule has 0 aromatic rings. The molecular weight excluding hydrogens is 346 g/mol. The number of hydrogen-bond donors (Lipinski definition) is 0. The van der Waals surface area contributed by atoms with Crippen molar-refractivity contribution < 1.29 is 22.7 Å². The van der Waals surface area contributed by atoms with Crippen molar-refractivity contribution in [3.63, 3.8) is 0 Å². The van der Waals surface area contributed by atoms with E-state index in [0.717, 1.165) is 6.54 Å². The van der Waals surface area contributed by atoms with Crippen LogP contribution in [0.2, 0.25) is 0 Å². The highest BCUT2D eigenvalue weighted by Crippen LogP contribution is 2.17. The molecule has 0 aromatic carbocycles. The maximum atomic E-state index is 12.5. The number of methoxy groups -OCH3 is 1. The molecule has 0 aromatic heterocycles. The van der Waals surface area contributed by atoms with E-state index in [1.807, 2.05) is 0 Å². The first kappa shape index (κ1) is 20.6. The molecule has 0 aliphatic carbocycles. The summed E-state index contributed by atoms with van der Waals surface area (Å²) >= 11 is 0. The van der Waals surface area contributed by atoms with Crippen LogP contribution < -0.4 is 0 Å². The van der Waals surface area contributed by atoms with Crippen LogP contribution in [0.15, 0.2) is 0 Å². The third-order valence-electron chi connectivity index (χ3n) is 4.95. The largest absolute Gasteiger partial charge is 0.383 e. The van der Waals surface area contributed by atoms with Crippen LogP contribution in [0.1, 0.15) is 20.3 Å². The summed E-state index contributed by atoms with van der Waals surface area (Å²) in [5.74, 6) is -0.208. The molecule has 2 rings (SSSR count). The lowest BCUT2D eigenvalue weighted by atomic mass is 10.1. The van der Waals surface area contributed by atoms with Gasteiger partial charge >= 0.3 is 0 Å². The Kier molecular flexibility index (Phi) is 7.63. The first-order valence-electron chi connectivity index (χ1n) is 8.93. The summed E-state index contributed by atoms with van der Waals surface area (Å²) in [6.07, 6.45) is 0.0389. The molecule has 2 saturated heterocycles. The zero-order chi connectivity index (χ0) is 18.4. The Morgan fingerprint density at radius 2 is 1.76 bits per heavy atom. The summed E-state index contributed by atoms with van der Waals surface area (Å²) in [5.41, 5.74) is 0. The summed E-state index contributed by atoms with van der Waals surface area (Å²) in [4.78, 5) is 16.6. The number of ether oxygens (including phenoxy) is 2. The smallest absolute Gasteiger partial charge is 0.223 e. The van der Waals surface area contributed by atoms with Crippen molar-refractivity contribution in [2.45, 2.75) is 32.4 Å². The SMILES string of the molecule is COCCN1C(C)CN(C(=O)CCS(=O)(=O)N2CCOCC2)CC1C. The number of carbonyl (C=O) groups excluding carboxylic acids is 1. The van der Waals surface area contributed by atoms with Gasteiger partial charge in [-0.3, -0.25) is 9.69 Å². The Morgan fingerprint density at radius 1 is 1.16 bits per heavy atom. The average molecular weight is 378 g/mol. The second kappa shape index (κ2) is 9.27. The van der Waals surface area contributed by atoms with Gasteiger partial charge in [-0.05, 0) is 13.8 Å². The third kappa shape index (κ3) is 5.62. The molecule has 0 saturated carbocycles. The number of hydrogen-bond acceptors (Lipinski definition) is 6. The molecule has 2 aliphatic heterocycles. The van der Waals surface area contributed by atoms with Gasteiger partial charge in [-0.25, -0.2) is 8.42 Å². The molecule has 2 fully saturated rings. The third-order valence-corrected chi connectivity index (χ3v) is 6.82. The number of rotatable bonds is 7. The van der Waals surface area contributed by atoms with Crippen molar-refractivity contribution in [1.82, 2.24) is 14.1 Å². The Morgan fingerprint density at radius 3 is 2.32 bits per heavy atom. The number of nitrogens with zero attached hydrogens (tertiary/aromatic N) is 3. The predicted octanol–water partition coefficient (Wildman–Crippen LogP) is -0.394. The van der Waals surface area contributed by atoms with Crippen molar-refractivity contribution in [1.29, 1.82) is 0 Å². The lowest BCUT2D eigenvalue weighted by molar-refractivity contribution is -0.135. The van der Waals surface area contributed by atoms with Crippen molar-refractivity contribution in [2.24, 2.45) is 0 Å². The zero-order valence-corrected chi connectivity index (χ0v) is 16.3. The van der Waals surface area contributed by atoms with E-state index < -0.39 is 10.0 Å². The van der Waals surface area contributed by atoms with Crippen LogP contribution in [-0.4, -0.2) is 106 Å². The van der Waals surface area contributed by atoms with Crippen LogP contribution in [0.3, 0.4) is 0 Å². The molecule has 0 radical (unpaired) electrons. The van der Waals surface area contributed by atoms with Gasteiger partial charge in [0.2, 0.25) is 15.9 Å². The molecule has 9 heteroatoms. The topological polar surface area (TPSA) is 79.4 Å². The Balaban J connectivity index is 1.84. The molecule has 25 heavy (non-hydrogen) atoms. The van der Waals surface area contributed by atoms with E-state index in [-0.39, 0.29) is 30.2 Å². The van der Waals surface area contributed by atoms with E-state index in [1.54, 1.807) is 12.0 Å². The Hall–Kier alpha value is -0.740. The normalized spacial score (nSPS) is 26.8. The van der Waals surface area contributed by atoms with Crippen LogP contribution >= 0.6 is 0 Å². The summed E-state index contributed by atoms with van der Waals surface area (Å²) in [6.45, 7) is 8.55. The van der Waals surface area contributed by atoms with E-state index >= 15 is 0 Å². The number of piperazine rings is 1. The molecule has 2 heterocycles. The number of morpholine rings is 1. The van der Waals surface area contributed by atoms with E-state index in [1.165, 1.54) is 4.31 Å². The van der Waals surface area contributed by atoms with Crippen LogP contribution in [-0.2, 0) is 24.3 Å². The molecule has 2 unspecified atom stereocenters. The standard InChI is InChI=1S/C16H31N3O5S/c1-14-12-17(13-15(2)19(14)7-8-23-3)16(20)4-11-25(21,22)18-5-9-24-10-6-18/h14-15H,4-13H2,1-3H3. The predicted molar refractivity (Wildman–Crippen MR) is 94.9 cm³/mol. The van der Waals surface area contributed by atoms with Crippen LogP contribution in [0.4, 0.5) is 0 Å². The minimum atomic E-state index is -3.39. The Labute approximate surface area is 151 Å². The minimum absolute atomic E-state index is 0.0389. The average Bonchev–Trinajstić information content (AvgIpc) is 2.59. The van der Waals surface area contributed by atoms with Gasteiger partial charge in [0.1, 0.15) is 0 Å². The molecule has 0 spiro atoms. The second-order valence-corrected chi connectivity index (χ2v) is 8.89. The van der Waals surface area contributed by atoms with Crippen molar-refractivity contribution in [3.8, 4) is 0 Å². The van der Waals surface area contributed by atoms with Crippen LogP contribution in [0, 0.1) is 0 Å². The van der Waals surface area contributed by atoms with Gasteiger partial charge in [0.15, 0.2) is 0 Å². The molecule has 8 nitrogen and oxygen atoms in total.